The molecule has 1 aromatic carbocycles. The van der Waals surface area contributed by atoms with Crippen LogP contribution in [0, 0.1) is 0 Å². The van der Waals surface area contributed by atoms with Crippen LogP contribution in [0.4, 0.5) is 5.69 Å². The van der Waals surface area contributed by atoms with E-state index in [2.05, 4.69) is 11.4 Å². The van der Waals surface area contributed by atoms with Gasteiger partial charge < -0.3 is 5.32 Å². The molecule has 0 aliphatic carbocycles. The number of anilines is 1. The average Bonchev–Trinajstić information content (AvgIpc) is 2.29. The Balaban J connectivity index is 2.71. The first-order valence-electron chi connectivity index (χ1n) is 6.16. The summed E-state index contributed by atoms with van der Waals surface area (Å²) >= 11 is 0. The van der Waals surface area contributed by atoms with Crippen molar-refractivity contribution < 1.29 is 8.42 Å². The van der Waals surface area contributed by atoms with E-state index in [9.17, 15) is 8.42 Å². The van der Waals surface area contributed by atoms with E-state index >= 15 is 0 Å². The summed E-state index contributed by atoms with van der Waals surface area (Å²) in [5.74, 6) is 0.206. The molecule has 0 unspecified atom stereocenters. The topological polar surface area (TPSA) is 46.2 Å². The number of allylic oxidation sites excluding steroid dienone is 1. The zero-order valence-corrected chi connectivity index (χ0v) is 12.0. The summed E-state index contributed by atoms with van der Waals surface area (Å²) in [6.45, 7) is 6.71. The Morgan fingerprint density at radius 1 is 1.22 bits per heavy atom. The van der Waals surface area contributed by atoms with Gasteiger partial charge in [0.1, 0.15) is 0 Å². The highest BCUT2D eigenvalue weighted by atomic mass is 32.2. The molecule has 0 radical (unpaired) electrons. The fraction of sp³-hybridized carbons (Fsp3) is 0.429. The minimum Gasteiger partial charge on any atom is -0.382 e. The number of nitrogens with one attached hydrogen (secondary N) is 1. The van der Waals surface area contributed by atoms with Gasteiger partial charge in [0.05, 0.1) is 10.6 Å². The van der Waals surface area contributed by atoms with Crippen molar-refractivity contribution >= 4 is 15.5 Å². The first-order valence-corrected chi connectivity index (χ1v) is 7.81. The predicted octanol–water partition coefficient (Wildman–Crippen LogP) is 3.25. The maximum absolute atomic E-state index is 11.8. The third kappa shape index (κ3) is 4.53. The third-order valence-electron chi connectivity index (χ3n) is 2.50. The van der Waals surface area contributed by atoms with Gasteiger partial charge in [-0.25, -0.2) is 8.42 Å². The molecule has 0 spiro atoms. The lowest BCUT2D eigenvalue weighted by molar-refractivity contribution is 0.595. The van der Waals surface area contributed by atoms with E-state index in [1.807, 2.05) is 20.8 Å². The second kappa shape index (κ2) is 6.59. The largest absolute Gasteiger partial charge is 0.382 e. The molecule has 0 aliphatic heterocycles. The zero-order valence-electron chi connectivity index (χ0n) is 11.2. The number of rotatable bonds is 6. The van der Waals surface area contributed by atoms with Crippen LogP contribution in [-0.4, -0.2) is 20.7 Å². The van der Waals surface area contributed by atoms with Gasteiger partial charge in [0.15, 0.2) is 9.84 Å². The van der Waals surface area contributed by atoms with Crippen molar-refractivity contribution in [3.05, 3.63) is 35.9 Å². The SMILES string of the molecule is CCCS(=O)(=O)c1ccc(NCC=C(C)C)cc1. The minimum absolute atomic E-state index is 0.206. The van der Waals surface area contributed by atoms with Crippen molar-refractivity contribution in [2.45, 2.75) is 32.1 Å². The summed E-state index contributed by atoms with van der Waals surface area (Å²) in [6, 6.07) is 6.94. The van der Waals surface area contributed by atoms with E-state index in [1.54, 1.807) is 24.3 Å². The maximum atomic E-state index is 11.8. The lowest BCUT2D eigenvalue weighted by Crippen LogP contribution is -2.06. The molecule has 0 fully saturated rings. The standard InChI is InChI=1S/C14H21NO2S/c1-4-11-18(16,17)14-7-5-13(6-8-14)15-10-9-12(2)3/h5-9,15H,4,10-11H2,1-3H3. The van der Waals surface area contributed by atoms with E-state index in [-0.39, 0.29) is 5.75 Å². The highest BCUT2D eigenvalue weighted by molar-refractivity contribution is 7.91. The van der Waals surface area contributed by atoms with Crippen LogP contribution in [0.3, 0.4) is 0 Å². The summed E-state index contributed by atoms with van der Waals surface area (Å²) < 4.78 is 23.6. The Morgan fingerprint density at radius 2 is 1.83 bits per heavy atom. The number of sulfone groups is 1. The maximum Gasteiger partial charge on any atom is 0.178 e. The van der Waals surface area contributed by atoms with E-state index in [4.69, 9.17) is 0 Å². The Morgan fingerprint density at radius 3 is 2.33 bits per heavy atom. The minimum atomic E-state index is -3.10. The second-order valence-corrected chi connectivity index (χ2v) is 6.61. The van der Waals surface area contributed by atoms with Crippen molar-refractivity contribution in [3.63, 3.8) is 0 Å². The molecule has 18 heavy (non-hydrogen) atoms. The average molecular weight is 267 g/mol. The fourth-order valence-electron chi connectivity index (χ4n) is 1.54. The Hall–Kier alpha value is -1.29. The third-order valence-corrected chi connectivity index (χ3v) is 4.44. The van der Waals surface area contributed by atoms with Gasteiger partial charge in [-0.05, 0) is 44.5 Å². The summed E-state index contributed by atoms with van der Waals surface area (Å²) in [7, 11) is -3.10. The zero-order chi connectivity index (χ0) is 13.6. The molecule has 1 rings (SSSR count). The van der Waals surface area contributed by atoms with E-state index < -0.39 is 9.84 Å². The first kappa shape index (κ1) is 14.8. The van der Waals surface area contributed by atoms with Gasteiger partial charge in [-0.2, -0.15) is 0 Å². The Bertz CT molecular complexity index is 497. The monoisotopic (exact) mass is 267 g/mol. The molecule has 0 saturated carbocycles. The molecule has 3 nitrogen and oxygen atoms in total. The van der Waals surface area contributed by atoms with Gasteiger partial charge in [-0.15, -0.1) is 0 Å². The molecule has 0 amide bonds. The molecule has 0 bridgehead atoms. The highest BCUT2D eigenvalue weighted by Crippen LogP contribution is 2.15. The van der Waals surface area contributed by atoms with Gasteiger partial charge in [0.25, 0.3) is 0 Å². The molecule has 0 aliphatic rings. The molecule has 4 heteroatoms. The number of hydrogen-bond acceptors (Lipinski definition) is 3. The van der Waals surface area contributed by atoms with Gasteiger partial charge in [0.2, 0.25) is 0 Å². The van der Waals surface area contributed by atoms with Crippen LogP contribution < -0.4 is 5.32 Å². The molecule has 0 saturated heterocycles. The van der Waals surface area contributed by atoms with Gasteiger partial charge in [0, 0.05) is 12.2 Å². The molecule has 0 aromatic heterocycles. The van der Waals surface area contributed by atoms with Crippen LogP contribution in [0.1, 0.15) is 27.2 Å². The first-order chi connectivity index (χ1) is 8.45. The van der Waals surface area contributed by atoms with Crippen LogP contribution in [-0.2, 0) is 9.84 Å². The lowest BCUT2D eigenvalue weighted by Gasteiger charge is -2.06. The normalized spacial score (nSPS) is 11.1. The summed E-state index contributed by atoms with van der Waals surface area (Å²) in [6.07, 6.45) is 2.73. The molecule has 1 N–H and O–H groups in total. The van der Waals surface area contributed by atoms with Gasteiger partial charge >= 0.3 is 0 Å². The summed E-state index contributed by atoms with van der Waals surface area (Å²) in [5, 5.41) is 3.22. The van der Waals surface area contributed by atoms with Crippen LogP contribution in [0.15, 0.2) is 40.8 Å². The summed E-state index contributed by atoms with van der Waals surface area (Å²) in [4.78, 5) is 0.400. The van der Waals surface area contributed by atoms with E-state index in [1.165, 1.54) is 5.57 Å². The molecule has 100 valence electrons. The van der Waals surface area contributed by atoms with Gasteiger partial charge in [-0.1, -0.05) is 18.6 Å². The van der Waals surface area contributed by atoms with Crippen molar-refractivity contribution in [2.75, 3.05) is 17.6 Å². The van der Waals surface area contributed by atoms with Crippen LogP contribution in [0.2, 0.25) is 0 Å². The molecule has 0 heterocycles. The quantitative estimate of drug-likeness (QED) is 0.805. The molecular formula is C14H21NO2S. The Kier molecular flexibility index (Phi) is 5.41. The van der Waals surface area contributed by atoms with Crippen LogP contribution in [0.5, 0.6) is 0 Å². The summed E-state index contributed by atoms with van der Waals surface area (Å²) in [5.41, 5.74) is 2.19. The van der Waals surface area contributed by atoms with Crippen molar-refractivity contribution in [1.29, 1.82) is 0 Å². The van der Waals surface area contributed by atoms with Crippen molar-refractivity contribution in [3.8, 4) is 0 Å². The Labute approximate surface area is 110 Å². The van der Waals surface area contributed by atoms with Crippen LogP contribution >= 0.6 is 0 Å². The second-order valence-electron chi connectivity index (χ2n) is 4.51. The molecule has 0 atom stereocenters. The number of hydrogen-bond donors (Lipinski definition) is 1. The van der Waals surface area contributed by atoms with E-state index in [0.29, 0.717) is 11.3 Å². The lowest BCUT2D eigenvalue weighted by atomic mass is 10.3. The fourth-order valence-corrected chi connectivity index (χ4v) is 2.86. The highest BCUT2D eigenvalue weighted by Gasteiger charge is 2.12. The van der Waals surface area contributed by atoms with E-state index in [0.717, 1.165) is 12.2 Å². The van der Waals surface area contributed by atoms with Crippen molar-refractivity contribution in [1.82, 2.24) is 0 Å². The number of benzene rings is 1. The smallest absolute Gasteiger partial charge is 0.178 e. The van der Waals surface area contributed by atoms with Crippen molar-refractivity contribution in [2.24, 2.45) is 0 Å². The molecular weight excluding hydrogens is 246 g/mol. The predicted molar refractivity (Wildman–Crippen MR) is 76.7 cm³/mol. The van der Waals surface area contributed by atoms with Crippen LogP contribution in [0.25, 0.3) is 0 Å². The van der Waals surface area contributed by atoms with Gasteiger partial charge in [-0.3, -0.25) is 0 Å². The molecule has 1 aromatic rings.